The Labute approximate surface area is 57.8 Å². The van der Waals surface area contributed by atoms with Gasteiger partial charge < -0.3 is 9.84 Å². The standard InChI is InChI=1S/C6H6O4/c1-2-10-6(9)4-3-5(7)8/h2H2,1H3,(H,7,8). The maximum Gasteiger partial charge on any atom is 0.384 e. The van der Waals surface area contributed by atoms with E-state index < -0.39 is 11.9 Å². The Kier molecular flexibility index (Phi) is 3.73. The first-order valence-corrected chi connectivity index (χ1v) is 2.58. The van der Waals surface area contributed by atoms with Gasteiger partial charge in [0.25, 0.3) is 0 Å². The van der Waals surface area contributed by atoms with Crippen LogP contribution in [0.4, 0.5) is 0 Å². The van der Waals surface area contributed by atoms with Crippen molar-refractivity contribution in [2.45, 2.75) is 6.92 Å². The molecule has 4 heteroatoms. The summed E-state index contributed by atoms with van der Waals surface area (Å²) in [6, 6.07) is 0. The van der Waals surface area contributed by atoms with Crippen molar-refractivity contribution in [1.82, 2.24) is 0 Å². The predicted octanol–water partition coefficient (Wildman–Crippen LogP) is -0.363. The summed E-state index contributed by atoms with van der Waals surface area (Å²) >= 11 is 0. The molecule has 0 rings (SSSR count). The molecule has 10 heavy (non-hydrogen) atoms. The molecular weight excluding hydrogens is 136 g/mol. The second-order valence-corrected chi connectivity index (χ2v) is 1.28. The Hall–Kier alpha value is -1.50. The molecule has 0 saturated heterocycles. The monoisotopic (exact) mass is 142 g/mol. The topological polar surface area (TPSA) is 63.6 Å². The summed E-state index contributed by atoms with van der Waals surface area (Å²) < 4.78 is 4.32. The van der Waals surface area contributed by atoms with Gasteiger partial charge in [0.1, 0.15) is 0 Å². The Balaban J connectivity index is 3.81. The summed E-state index contributed by atoms with van der Waals surface area (Å²) in [5, 5.41) is 7.95. The molecule has 0 atom stereocenters. The van der Waals surface area contributed by atoms with E-state index in [-0.39, 0.29) is 6.61 Å². The lowest BCUT2D eigenvalue weighted by Gasteiger charge is -1.89. The fourth-order valence-corrected chi connectivity index (χ4v) is 0.272. The van der Waals surface area contributed by atoms with Crippen LogP contribution in [0.5, 0.6) is 0 Å². The van der Waals surface area contributed by atoms with Crippen molar-refractivity contribution in [3.8, 4) is 11.8 Å². The molecule has 0 saturated carbocycles. The molecule has 4 nitrogen and oxygen atoms in total. The SMILES string of the molecule is CCOC(=O)C#CC(=O)O. The minimum atomic E-state index is -1.34. The molecule has 0 radical (unpaired) electrons. The molecule has 0 amide bonds. The first-order valence-electron chi connectivity index (χ1n) is 2.58. The van der Waals surface area contributed by atoms with Crippen molar-refractivity contribution in [2.75, 3.05) is 6.61 Å². The van der Waals surface area contributed by atoms with Crippen molar-refractivity contribution in [2.24, 2.45) is 0 Å². The molecule has 0 aromatic heterocycles. The highest BCUT2D eigenvalue weighted by Gasteiger charge is 1.93. The van der Waals surface area contributed by atoms with Crippen LogP contribution in [0.3, 0.4) is 0 Å². The van der Waals surface area contributed by atoms with Crippen LogP contribution < -0.4 is 0 Å². The largest absolute Gasteiger partial charge is 0.472 e. The van der Waals surface area contributed by atoms with Crippen molar-refractivity contribution in [3.05, 3.63) is 0 Å². The van der Waals surface area contributed by atoms with Crippen LogP contribution >= 0.6 is 0 Å². The second-order valence-electron chi connectivity index (χ2n) is 1.28. The van der Waals surface area contributed by atoms with Gasteiger partial charge in [-0.1, -0.05) is 0 Å². The number of carboxylic acids is 1. The van der Waals surface area contributed by atoms with Gasteiger partial charge in [0.05, 0.1) is 6.61 Å². The van der Waals surface area contributed by atoms with Gasteiger partial charge in [0.2, 0.25) is 0 Å². The summed E-state index contributed by atoms with van der Waals surface area (Å²) in [4.78, 5) is 20.0. The van der Waals surface area contributed by atoms with Gasteiger partial charge in [-0.3, -0.25) is 0 Å². The van der Waals surface area contributed by atoms with E-state index in [0.717, 1.165) is 0 Å². The number of carboxylic acid groups (broad SMARTS) is 1. The van der Waals surface area contributed by atoms with Crippen LogP contribution in [0.25, 0.3) is 0 Å². The van der Waals surface area contributed by atoms with Gasteiger partial charge in [0.15, 0.2) is 0 Å². The number of ether oxygens (including phenoxy) is 1. The van der Waals surface area contributed by atoms with E-state index in [1.807, 2.05) is 0 Å². The van der Waals surface area contributed by atoms with Gasteiger partial charge in [-0.2, -0.15) is 0 Å². The van der Waals surface area contributed by atoms with Crippen molar-refractivity contribution in [3.63, 3.8) is 0 Å². The lowest BCUT2D eigenvalue weighted by atomic mass is 10.6. The summed E-state index contributed by atoms with van der Waals surface area (Å²) in [5.41, 5.74) is 0. The van der Waals surface area contributed by atoms with E-state index in [9.17, 15) is 9.59 Å². The molecule has 0 spiro atoms. The average molecular weight is 142 g/mol. The minimum absolute atomic E-state index is 0.202. The van der Waals surface area contributed by atoms with Crippen LogP contribution in [0, 0.1) is 11.8 Å². The zero-order chi connectivity index (χ0) is 7.98. The van der Waals surface area contributed by atoms with Gasteiger partial charge in [-0.25, -0.2) is 9.59 Å². The van der Waals surface area contributed by atoms with E-state index in [1.165, 1.54) is 0 Å². The van der Waals surface area contributed by atoms with Crippen LogP contribution in [0.15, 0.2) is 0 Å². The predicted molar refractivity (Wildman–Crippen MR) is 32.0 cm³/mol. The third kappa shape index (κ3) is 4.65. The van der Waals surface area contributed by atoms with E-state index in [1.54, 1.807) is 18.8 Å². The summed E-state index contributed by atoms with van der Waals surface area (Å²) in [5.74, 6) is 1.24. The number of esters is 1. The molecule has 0 aromatic rings. The third-order valence-electron chi connectivity index (χ3n) is 0.547. The molecule has 0 aliphatic rings. The maximum absolute atomic E-state index is 10.3. The molecule has 0 aliphatic carbocycles. The smallest absolute Gasteiger partial charge is 0.384 e. The van der Waals surface area contributed by atoms with Gasteiger partial charge in [0, 0.05) is 11.8 Å². The summed E-state index contributed by atoms with van der Waals surface area (Å²) in [6.07, 6.45) is 0. The quantitative estimate of drug-likeness (QED) is 0.308. The van der Waals surface area contributed by atoms with Gasteiger partial charge >= 0.3 is 11.9 Å². The first kappa shape index (κ1) is 8.50. The van der Waals surface area contributed by atoms with Gasteiger partial charge in [-0.05, 0) is 6.92 Å². The Morgan fingerprint density at radius 1 is 1.50 bits per heavy atom. The zero-order valence-corrected chi connectivity index (χ0v) is 5.38. The Bertz CT molecular complexity index is 196. The molecule has 0 bridgehead atoms. The number of hydrogen-bond donors (Lipinski definition) is 1. The van der Waals surface area contributed by atoms with Crippen LogP contribution in [0.2, 0.25) is 0 Å². The number of hydrogen-bond acceptors (Lipinski definition) is 3. The van der Waals surface area contributed by atoms with E-state index in [0.29, 0.717) is 0 Å². The molecule has 0 fully saturated rings. The highest BCUT2D eigenvalue weighted by atomic mass is 16.5. The molecule has 0 aromatic carbocycles. The Morgan fingerprint density at radius 3 is 2.50 bits per heavy atom. The molecule has 0 aliphatic heterocycles. The summed E-state index contributed by atoms with van der Waals surface area (Å²) in [7, 11) is 0. The highest BCUT2D eigenvalue weighted by Crippen LogP contribution is 1.72. The average Bonchev–Trinajstić information content (AvgIpc) is 1.85. The van der Waals surface area contributed by atoms with Crippen molar-refractivity contribution < 1.29 is 19.4 Å². The maximum atomic E-state index is 10.3. The van der Waals surface area contributed by atoms with Gasteiger partial charge in [-0.15, -0.1) is 0 Å². The lowest BCUT2D eigenvalue weighted by molar-refractivity contribution is -0.136. The minimum Gasteiger partial charge on any atom is -0.472 e. The second kappa shape index (κ2) is 4.39. The summed E-state index contributed by atoms with van der Waals surface area (Å²) in [6.45, 7) is 1.81. The molecule has 0 heterocycles. The molecular formula is C6H6O4. The first-order chi connectivity index (χ1) is 4.66. The fourth-order valence-electron chi connectivity index (χ4n) is 0.272. The van der Waals surface area contributed by atoms with Crippen molar-refractivity contribution >= 4 is 11.9 Å². The van der Waals surface area contributed by atoms with Crippen LogP contribution in [0.1, 0.15) is 6.92 Å². The molecule has 1 N–H and O–H groups in total. The highest BCUT2D eigenvalue weighted by molar-refractivity contribution is 5.97. The fraction of sp³-hybridized carbons (Fsp3) is 0.333. The Morgan fingerprint density at radius 2 is 2.10 bits per heavy atom. The lowest BCUT2D eigenvalue weighted by Crippen LogP contribution is -2.00. The zero-order valence-electron chi connectivity index (χ0n) is 5.38. The molecule has 0 unspecified atom stereocenters. The normalized spacial score (nSPS) is 7.30. The number of rotatable bonds is 1. The van der Waals surface area contributed by atoms with E-state index >= 15 is 0 Å². The number of aliphatic carboxylic acids is 1. The van der Waals surface area contributed by atoms with Crippen molar-refractivity contribution in [1.29, 1.82) is 0 Å². The molecule has 54 valence electrons. The third-order valence-corrected chi connectivity index (χ3v) is 0.547. The number of carbonyl (C=O) groups excluding carboxylic acids is 1. The van der Waals surface area contributed by atoms with Crippen LogP contribution in [-0.4, -0.2) is 23.7 Å². The number of carbonyl (C=O) groups is 2. The van der Waals surface area contributed by atoms with Crippen LogP contribution in [-0.2, 0) is 14.3 Å². The van der Waals surface area contributed by atoms with E-state index in [4.69, 9.17) is 5.11 Å². The van der Waals surface area contributed by atoms with E-state index in [2.05, 4.69) is 4.74 Å².